The lowest BCUT2D eigenvalue weighted by Gasteiger charge is -1.87. The maximum absolute atomic E-state index is 3.98. The molecule has 0 unspecified atom stereocenters. The molecule has 0 aliphatic heterocycles. The number of aromatic nitrogens is 1. The van der Waals surface area contributed by atoms with E-state index in [1.807, 2.05) is 18.2 Å². The molecule has 1 rings (SSSR count). The quantitative estimate of drug-likeness (QED) is 0.489. The fourth-order valence-electron chi connectivity index (χ4n) is 0.401. The first-order chi connectivity index (χ1) is 3.93. The van der Waals surface area contributed by atoms with Gasteiger partial charge in [-0.2, -0.15) is 0 Å². The SMILES string of the molecule is N.SSc1ccccn1. The van der Waals surface area contributed by atoms with Gasteiger partial charge in [-0.15, -0.1) is 11.7 Å². The van der Waals surface area contributed by atoms with Crippen LogP contribution in [0, 0.1) is 0 Å². The molecule has 0 atom stereocenters. The second-order valence-electron chi connectivity index (χ2n) is 1.26. The minimum atomic E-state index is 0. The van der Waals surface area contributed by atoms with Gasteiger partial charge in [-0.05, 0) is 22.9 Å². The van der Waals surface area contributed by atoms with Gasteiger partial charge in [-0.1, -0.05) is 6.07 Å². The summed E-state index contributed by atoms with van der Waals surface area (Å²) in [5.41, 5.74) is 0. The number of pyridine rings is 1. The molecular weight excluding hydrogens is 152 g/mol. The highest BCUT2D eigenvalue weighted by atomic mass is 33.1. The van der Waals surface area contributed by atoms with Gasteiger partial charge in [0.15, 0.2) is 0 Å². The van der Waals surface area contributed by atoms with Crippen molar-refractivity contribution in [3.63, 3.8) is 0 Å². The lowest BCUT2D eigenvalue weighted by molar-refractivity contribution is 1.14. The smallest absolute Gasteiger partial charge is 0.106 e. The van der Waals surface area contributed by atoms with Crippen LogP contribution in [0.1, 0.15) is 0 Å². The Labute approximate surface area is 63.5 Å². The minimum absolute atomic E-state index is 0. The summed E-state index contributed by atoms with van der Waals surface area (Å²) in [7, 11) is 1.35. The van der Waals surface area contributed by atoms with Crippen molar-refractivity contribution in [1.82, 2.24) is 11.1 Å². The van der Waals surface area contributed by atoms with Crippen molar-refractivity contribution in [2.45, 2.75) is 5.03 Å². The lowest BCUT2D eigenvalue weighted by Crippen LogP contribution is -1.69. The number of hydrogen-bond acceptors (Lipinski definition) is 4. The van der Waals surface area contributed by atoms with E-state index < -0.39 is 0 Å². The molecule has 0 fully saturated rings. The summed E-state index contributed by atoms with van der Waals surface area (Å²) in [4.78, 5) is 3.98. The molecule has 1 aromatic rings. The van der Waals surface area contributed by atoms with E-state index in [1.54, 1.807) is 6.20 Å². The van der Waals surface area contributed by atoms with Gasteiger partial charge in [0.05, 0.1) is 0 Å². The van der Waals surface area contributed by atoms with Crippen molar-refractivity contribution in [3.8, 4) is 0 Å². The first-order valence-corrected chi connectivity index (χ1v) is 4.03. The third-order valence-corrected chi connectivity index (χ3v) is 1.72. The average molecular weight is 160 g/mol. The normalized spacial score (nSPS) is 8.11. The minimum Gasteiger partial charge on any atom is -0.344 e. The molecule has 0 spiro atoms. The second kappa shape index (κ2) is 4.67. The van der Waals surface area contributed by atoms with Crippen LogP contribution in [0.15, 0.2) is 29.4 Å². The van der Waals surface area contributed by atoms with E-state index in [2.05, 4.69) is 16.6 Å². The Hall–Kier alpha value is -0.190. The van der Waals surface area contributed by atoms with Crippen molar-refractivity contribution in [2.75, 3.05) is 0 Å². The Balaban J connectivity index is 0.000000640. The lowest BCUT2D eigenvalue weighted by atomic mass is 10.5. The Morgan fingerprint density at radius 1 is 1.44 bits per heavy atom. The molecule has 2 nitrogen and oxygen atoms in total. The molecular formula is C5H8N2S2. The van der Waals surface area contributed by atoms with Crippen LogP contribution < -0.4 is 6.15 Å². The van der Waals surface area contributed by atoms with E-state index in [1.165, 1.54) is 10.8 Å². The Morgan fingerprint density at radius 2 is 2.22 bits per heavy atom. The van der Waals surface area contributed by atoms with Crippen molar-refractivity contribution in [2.24, 2.45) is 0 Å². The van der Waals surface area contributed by atoms with Gasteiger partial charge in [0.2, 0.25) is 0 Å². The topological polar surface area (TPSA) is 47.9 Å². The van der Waals surface area contributed by atoms with Gasteiger partial charge in [0.25, 0.3) is 0 Å². The van der Waals surface area contributed by atoms with E-state index >= 15 is 0 Å². The molecule has 0 amide bonds. The summed E-state index contributed by atoms with van der Waals surface area (Å²) in [5.74, 6) is 0. The fourth-order valence-corrected chi connectivity index (χ4v) is 0.973. The molecule has 0 saturated carbocycles. The van der Waals surface area contributed by atoms with E-state index in [4.69, 9.17) is 0 Å². The number of hydrogen-bond donors (Lipinski definition) is 2. The molecule has 50 valence electrons. The molecule has 0 aromatic carbocycles. The second-order valence-corrected chi connectivity index (χ2v) is 2.41. The highest BCUT2D eigenvalue weighted by Crippen LogP contribution is 2.16. The first kappa shape index (κ1) is 8.81. The molecule has 0 aliphatic carbocycles. The Bertz CT molecular complexity index is 154. The zero-order chi connectivity index (χ0) is 5.82. The van der Waals surface area contributed by atoms with Crippen LogP contribution in [-0.2, 0) is 0 Å². The van der Waals surface area contributed by atoms with Gasteiger partial charge in [0.1, 0.15) is 5.03 Å². The highest BCUT2D eigenvalue weighted by Gasteiger charge is 1.83. The van der Waals surface area contributed by atoms with Crippen molar-refractivity contribution in [1.29, 1.82) is 0 Å². The summed E-state index contributed by atoms with van der Waals surface area (Å²) in [5, 5.41) is 0.941. The zero-order valence-corrected chi connectivity index (χ0v) is 6.53. The average Bonchev–Trinajstić information content (AvgIpc) is 1.90. The van der Waals surface area contributed by atoms with Crippen LogP contribution >= 0.6 is 22.5 Å². The van der Waals surface area contributed by atoms with Gasteiger partial charge >= 0.3 is 0 Å². The Morgan fingerprint density at radius 3 is 2.56 bits per heavy atom. The zero-order valence-electron chi connectivity index (χ0n) is 4.82. The van der Waals surface area contributed by atoms with Crippen LogP contribution in [0.5, 0.6) is 0 Å². The predicted molar refractivity (Wildman–Crippen MR) is 44.1 cm³/mol. The maximum Gasteiger partial charge on any atom is 0.106 e. The monoisotopic (exact) mass is 160 g/mol. The van der Waals surface area contributed by atoms with E-state index in [-0.39, 0.29) is 6.15 Å². The summed E-state index contributed by atoms with van der Waals surface area (Å²) in [6.45, 7) is 0. The first-order valence-electron chi connectivity index (χ1n) is 2.16. The molecule has 0 aliphatic rings. The van der Waals surface area contributed by atoms with Crippen LogP contribution in [0.4, 0.5) is 0 Å². The highest BCUT2D eigenvalue weighted by molar-refractivity contribution is 8.68. The third-order valence-electron chi connectivity index (χ3n) is 0.731. The number of rotatable bonds is 1. The Kier molecular flexibility index (Phi) is 4.57. The van der Waals surface area contributed by atoms with E-state index in [0.717, 1.165) is 5.03 Å². The summed E-state index contributed by atoms with van der Waals surface area (Å²) in [6, 6.07) is 5.73. The van der Waals surface area contributed by atoms with Gasteiger partial charge < -0.3 is 6.15 Å². The van der Waals surface area contributed by atoms with E-state index in [0.29, 0.717) is 0 Å². The molecule has 9 heavy (non-hydrogen) atoms. The van der Waals surface area contributed by atoms with Crippen molar-refractivity contribution in [3.05, 3.63) is 24.4 Å². The van der Waals surface area contributed by atoms with Crippen LogP contribution in [-0.4, -0.2) is 4.98 Å². The van der Waals surface area contributed by atoms with Gasteiger partial charge in [-0.3, -0.25) is 0 Å². The maximum atomic E-state index is 3.98. The van der Waals surface area contributed by atoms with Crippen LogP contribution in [0.25, 0.3) is 0 Å². The molecule has 0 bridgehead atoms. The van der Waals surface area contributed by atoms with Crippen LogP contribution in [0.3, 0.4) is 0 Å². The van der Waals surface area contributed by atoms with Gasteiger partial charge in [-0.25, -0.2) is 4.98 Å². The summed E-state index contributed by atoms with van der Waals surface area (Å²) >= 11 is 3.96. The van der Waals surface area contributed by atoms with E-state index in [9.17, 15) is 0 Å². The summed E-state index contributed by atoms with van der Waals surface area (Å²) < 4.78 is 0. The predicted octanol–water partition coefficient (Wildman–Crippen LogP) is 2.18. The largest absolute Gasteiger partial charge is 0.344 e. The molecule has 0 radical (unpaired) electrons. The fraction of sp³-hybridized carbons (Fsp3) is 0. The molecule has 3 N–H and O–H groups in total. The molecule has 1 heterocycles. The van der Waals surface area contributed by atoms with Crippen molar-refractivity contribution < 1.29 is 0 Å². The standard InChI is InChI=1S/C5H5NS2.H3N/c7-8-5-3-1-2-4-6-5;/h1-4,7H;1H3. The van der Waals surface area contributed by atoms with Crippen molar-refractivity contribution >= 4 is 22.5 Å². The molecule has 1 aromatic heterocycles. The summed E-state index contributed by atoms with van der Waals surface area (Å²) in [6.07, 6.45) is 1.75. The van der Waals surface area contributed by atoms with Gasteiger partial charge in [0, 0.05) is 6.20 Å². The molecule has 0 saturated heterocycles. The molecule has 4 heteroatoms. The van der Waals surface area contributed by atoms with Crippen LogP contribution in [0.2, 0.25) is 0 Å². The number of thiol groups is 1. The third kappa shape index (κ3) is 2.74. The number of nitrogens with zero attached hydrogens (tertiary/aromatic N) is 1.